The van der Waals surface area contributed by atoms with Gasteiger partial charge < -0.3 is 4.74 Å². The molecule has 0 aromatic heterocycles. The Morgan fingerprint density at radius 2 is 1.52 bits per heavy atom. The fraction of sp³-hybridized carbons (Fsp3) is 0.143. The average molecular weight is 400 g/mol. The predicted octanol–water partition coefficient (Wildman–Crippen LogP) is 4.75. The molecular formula is C21H21NO3S2. The molecule has 0 aliphatic heterocycles. The van der Waals surface area contributed by atoms with E-state index < -0.39 is 20.7 Å². The van der Waals surface area contributed by atoms with Crippen LogP contribution in [0.1, 0.15) is 11.1 Å². The van der Waals surface area contributed by atoms with Crippen LogP contribution in [0.15, 0.2) is 92.4 Å². The van der Waals surface area contributed by atoms with Crippen molar-refractivity contribution in [2.75, 3.05) is 7.11 Å². The molecule has 3 rings (SSSR count). The molecule has 0 N–H and O–H groups in total. The van der Waals surface area contributed by atoms with E-state index in [0.717, 1.165) is 21.8 Å². The summed E-state index contributed by atoms with van der Waals surface area (Å²) >= 11 is 0. The van der Waals surface area contributed by atoms with Crippen LogP contribution in [-0.4, -0.2) is 15.5 Å². The van der Waals surface area contributed by atoms with Crippen LogP contribution in [0, 0.1) is 6.92 Å². The lowest BCUT2D eigenvalue weighted by Gasteiger charge is -2.10. The van der Waals surface area contributed by atoms with Crippen molar-refractivity contribution in [2.45, 2.75) is 22.5 Å². The van der Waals surface area contributed by atoms with Crippen molar-refractivity contribution in [1.29, 1.82) is 0 Å². The van der Waals surface area contributed by atoms with E-state index >= 15 is 0 Å². The number of benzene rings is 3. The maximum atomic E-state index is 12.9. The minimum Gasteiger partial charge on any atom is -0.497 e. The van der Waals surface area contributed by atoms with E-state index in [9.17, 15) is 8.42 Å². The van der Waals surface area contributed by atoms with E-state index in [0.29, 0.717) is 5.75 Å². The van der Waals surface area contributed by atoms with Crippen molar-refractivity contribution in [2.24, 2.45) is 3.77 Å². The molecule has 6 heteroatoms. The number of methoxy groups -OCH3 is 1. The minimum absolute atomic E-state index is 0.215. The normalized spacial score (nSPS) is 12.7. The second-order valence-electron chi connectivity index (χ2n) is 6.03. The topological polar surface area (TPSA) is 55.7 Å². The van der Waals surface area contributed by atoms with Gasteiger partial charge in [0.05, 0.1) is 12.0 Å². The molecule has 0 amide bonds. The number of sulfonamides is 1. The average Bonchev–Trinajstić information content (AvgIpc) is 2.68. The Labute approximate surface area is 163 Å². The first-order chi connectivity index (χ1) is 13.0. The first kappa shape index (κ1) is 19.3. The molecular weight excluding hydrogens is 378 g/mol. The first-order valence-corrected chi connectivity index (χ1v) is 11.2. The summed E-state index contributed by atoms with van der Waals surface area (Å²) in [5.74, 6) is 1.25. The summed E-state index contributed by atoms with van der Waals surface area (Å²) in [6.45, 7) is 1.92. The third kappa shape index (κ3) is 5.05. The summed E-state index contributed by atoms with van der Waals surface area (Å²) in [5, 5.41) is 0. The summed E-state index contributed by atoms with van der Waals surface area (Å²) in [6.07, 6.45) is 0. The van der Waals surface area contributed by atoms with Crippen molar-refractivity contribution in [3.05, 3.63) is 90.0 Å². The highest BCUT2D eigenvalue weighted by molar-refractivity contribution is 7.99. The molecule has 27 heavy (non-hydrogen) atoms. The van der Waals surface area contributed by atoms with Crippen LogP contribution in [0.3, 0.4) is 0 Å². The van der Waals surface area contributed by atoms with Crippen molar-refractivity contribution >= 4 is 20.7 Å². The van der Waals surface area contributed by atoms with Crippen LogP contribution in [0.2, 0.25) is 0 Å². The summed E-state index contributed by atoms with van der Waals surface area (Å²) in [6, 6.07) is 24.0. The standard InChI is InChI=1S/C21H21NO3S2/c1-17-8-14-21(15-9-17)27(23,24)22-26(16-18-6-4-3-5-7-18)20-12-10-19(25-2)11-13-20/h3-15H,16H2,1-2H3/t26-/m1/s1. The van der Waals surface area contributed by atoms with Crippen LogP contribution in [-0.2, 0) is 26.5 Å². The van der Waals surface area contributed by atoms with Crippen LogP contribution >= 0.6 is 0 Å². The summed E-state index contributed by atoms with van der Waals surface area (Å²) < 4.78 is 35.2. The monoisotopic (exact) mass is 399 g/mol. The number of nitrogens with zero attached hydrogens (tertiary/aromatic N) is 1. The SMILES string of the molecule is COc1ccc(/[S@@](Cc2ccccc2)=N\S(=O)(=O)c2ccc(C)cc2)cc1. The molecule has 0 fully saturated rings. The maximum absolute atomic E-state index is 12.9. The Hall–Kier alpha value is -2.44. The van der Waals surface area contributed by atoms with Gasteiger partial charge in [0.15, 0.2) is 0 Å². The smallest absolute Gasteiger partial charge is 0.288 e. The second-order valence-corrected chi connectivity index (χ2v) is 9.54. The molecule has 0 heterocycles. The highest BCUT2D eigenvalue weighted by Gasteiger charge is 2.15. The lowest BCUT2D eigenvalue weighted by Crippen LogP contribution is -2.03. The van der Waals surface area contributed by atoms with Gasteiger partial charge in [0, 0.05) is 10.6 Å². The van der Waals surface area contributed by atoms with Crippen molar-refractivity contribution in [1.82, 2.24) is 0 Å². The van der Waals surface area contributed by atoms with Crippen LogP contribution in [0.4, 0.5) is 0 Å². The summed E-state index contributed by atoms with van der Waals surface area (Å²) in [5.41, 5.74) is 2.05. The van der Waals surface area contributed by atoms with Gasteiger partial charge in [0.1, 0.15) is 5.75 Å². The zero-order chi connectivity index (χ0) is 19.3. The minimum atomic E-state index is -3.75. The lowest BCUT2D eigenvalue weighted by atomic mass is 10.2. The molecule has 3 aromatic carbocycles. The molecule has 4 nitrogen and oxygen atoms in total. The highest BCUT2D eigenvalue weighted by Crippen LogP contribution is 2.22. The Morgan fingerprint density at radius 3 is 2.11 bits per heavy atom. The molecule has 3 aromatic rings. The van der Waals surface area contributed by atoms with Gasteiger partial charge >= 0.3 is 0 Å². The molecule has 140 valence electrons. The molecule has 0 aliphatic rings. The van der Waals surface area contributed by atoms with Gasteiger partial charge in [-0.3, -0.25) is 0 Å². The third-order valence-electron chi connectivity index (χ3n) is 3.98. The predicted molar refractivity (Wildman–Crippen MR) is 110 cm³/mol. The van der Waals surface area contributed by atoms with Crippen LogP contribution in [0.25, 0.3) is 0 Å². The highest BCUT2D eigenvalue weighted by atomic mass is 32.3. The van der Waals surface area contributed by atoms with Gasteiger partial charge in [-0.15, -0.1) is 3.77 Å². The molecule has 0 aliphatic carbocycles. The van der Waals surface area contributed by atoms with E-state index in [1.165, 1.54) is 0 Å². The molecule has 0 unspecified atom stereocenters. The fourth-order valence-electron chi connectivity index (χ4n) is 2.49. The van der Waals surface area contributed by atoms with E-state index in [1.54, 1.807) is 31.4 Å². The first-order valence-electron chi connectivity index (χ1n) is 8.41. The van der Waals surface area contributed by atoms with Gasteiger partial charge in [-0.2, -0.15) is 8.42 Å². The number of hydrogen-bond donors (Lipinski definition) is 0. The van der Waals surface area contributed by atoms with Crippen molar-refractivity contribution < 1.29 is 13.2 Å². The number of ether oxygens (including phenoxy) is 1. The Balaban J connectivity index is 2.04. The van der Waals surface area contributed by atoms with E-state index in [2.05, 4.69) is 3.77 Å². The zero-order valence-corrected chi connectivity index (χ0v) is 16.8. The van der Waals surface area contributed by atoms with Crippen LogP contribution in [0.5, 0.6) is 5.75 Å². The number of hydrogen-bond acceptors (Lipinski definition) is 3. The molecule has 0 bridgehead atoms. The van der Waals surface area contributed by atoms with Gasteiger partial charge in [-0.05, 0) is 59.6 Å². The van der Waals surface area contributed by atoms with Crippen LogP contribution < -0.4 is 4.74 Å². The third-order valence-corrected chi connectivity index (χ3v) is 7.78. The maximum Gasteiger partial charge on any atom is 0.288 e. The second kappa shape index (κ2) is 8.50. The largest absolute Gasteiger partial charge is 0.497 e. The Bertz CT molecular complexity index is 1030. The Morgan fingerprint density at radius 1 is 0.889 bits per heavy atom. The number of rotatable bonds is 6. The summed E-state index contributed by atoms with van der Waals surface area (Å²) in [7, 11) is -2.99. The van der Waals surface area contributed by atoms with Gasteiger partial charge in [0.25, 0.3) is 10.0 Å². The van der Waals surface area contributed by atoms with Crippen molar-refractivity contribution in [3.63, 3.8) is 0 Å². The van der Waals surface area contributed by atoms with E-state index in [1.807, 2.05) is 61.5 Å². The summed E-state index contributed by atoms with van der Waals surface area (Å²) in [4.78, 5) is 1.07. The number of aryl methyl sites for hydroxylation is 1. The molecule has 1 atom stereocenters. The van der Waals surface area contributed by atoms with E-state index in [-0.39, 0.29) is 4.90 Å². The van der Waals surface area contributed by atoms with Gasteiger partial charge in [-0.1, -0.05) is 48.0 Å². The molecule has 0 radical (unpaired) electrons. The Kier molecular flexibility index (Phi) is 6.08. The fourth-order valence-corrected chi connectivity index (χ4v) is 5.94. The van der Waals surface area contributed by atoms with Gasteiger partial charge in [0.2, 0.25) is 0 Å². The van der Waals surface area contributed by atoms with Crippen molar-refractivity contribution in [3.8, 4) is 5.75 Å². The molecule has 0 spiro atoms. The molecule has 0 saturated heterocycles. The quantitative estimate of drug-likeness (QED) is 0.601. The lowest BCUT2D eigenvalue weighted by molar-refractivity contribution is 0.414. The zero-order valence-electron chi connectivity index (χ0n) is 15.2. The van der Waals surface area contributed by atoms with E-state index in [4.69, 9.17) is 4.74 Å². The van der Waals surface area contributed by atoms with Gasteiger partial charge in [-0.25, -0.2) is 0 Å². The molecule has 0 saturated carbocycles.